The Bertz CT molecular complexity index is 752. The van der Waals surface area contributed by atoms with Crippen molar-refractivity contribution in [2.45, 2.75) is 4.90 Å². The molecule has 6 nitrogen and oxygen atoms in total. The van der Waals surface area contributed by atoms with Gasteiger partial charge in [-0.1, -0.05) is 11.8 Å². The van der Waals surface area contributed by atoms with Crippen molar-refractivity contribution in [3.8, 4) is 11.8 Å². The van der Waals surface area contributed by atoms with Crippen molar-refractivity contribution in [3.05, 3.63) is 42.2 Å². The zero-order valence-electron chi connectivity index (χ0n) is 10.7. The largest absolute Gasteiger partial charge is 0.384 e. The molecule has 0 radical (unpaired) electrons. The van der Waals surface area contributed by atoms with Crippen molar-refractivity contribution in [1.29, 1.82) is 0 Å². The Labute approximate surface area is 117 Å². The minimum absolute atomic E-state index is 0.135. The van der Waals surface area contributed by atoms with Gasteiger partial charge in [-0.05, 0) is 24.3 Å². The molecule has 2 rings (SSSR count). The Balaban J connectivity index is 2.21. The molecule has 0 unspecified atom stereocenters. The number of nitrogens with one attached hydrogen (secondary N) is 1. The third-order valence-electron chi connectivity index (χ3n) is 2.43. The second kappa shape index (κ2) is 5.77. The molecule has 2 N–H and O–H groups in total. The van der Waals surface area contributed by atoms with Crippen LogP contribution in [0.15, 0.2) is 41.6 Å². The Kier molecular flexibility index (Phi) is 4.08. The van der Waals surface area contributed by atoms with Crippen LogP contribution in [0.2, 0.25) is 0 Å². The number of aliphatic hydroxyl groups excluding tert-OH is 1. The van der Waals surface area contributed by atoms with Gasteiger partial charge in [0, 0.05) is 18.8 Å². The SMILES string of the molecule is Cn1cc(NS(=O)(=O)c2ccc(C#CCO)cc2)cn1. The van der Waals surface area contributed by atoms with E-state index in [2.05, 4.69) is 21.7 Å². The number of hydrogen-bond acceptors (Lipinski definition) is 4. The highest BCUT2D eigenvalue weighted by molar-refractivity contribution is 7.92. The standard InChI is InChI=1S/C13H13N3O3S/c1-16-10-12(9-14-16)15-20(18,19)13-6-4-11(5-7-13)3-2-8-17/h4-7,9-10,15,17H,8H2,1H3. The Morgan fingerprint density at radius 3 is 2.60 bits per heavy atom. The summed E-state index contributed by atoms with van der Waals surface area (Å²) in [7, 11) is -1.94. The Morgan fingerprint density at radius 2 is 2.05 bits per heavy atom. The van der Waals surface area contributed by atoms with Gasteiger partial charge in [-0.25, -0.2) is 8.42 Å². The van der Waals surface area contributed by atoms with Gasteiger partial charge in [0.15, 0.2) is 0 Å². The normalized spacial score (nSPS) is 10.7. The molecule has 2 aromatic rings. The molecule has 0 aliphatic heterocycles. The zero-order valence-corrected chi connectivity index (χ0v) is 11.6. The molecule has 0 fully saturated rings. The molecule has 0 aliphatic rings. The van der Waals surface area contributed by atoms with Crippen LogP contribution in [-0.4, -0.2) is 29.9 Å². The summed E-state index contributed by atoms with van der Waals surface area (Å²) in [6.07, 6.45) is 3.00. The molecule has 7 heteroatoms. The fourth-order valence-electron chi connectivity index (χ4n) is 1.55. The molecular formula is C13H13N3O3S. The maximum Gasteiger partial charge on any atom is 0.261 e. The topological polar surface area (TPSA) is 84.2 Å². The summed E-state index contributed by atoms with van der Waals surface area (Å²) in [5.74, 6) is 5.19. The minimum Gasteiger partial charge on any atom is -0.384 e. The molecule has 0 bridgehead atoms. The lowest BCUT2D eigenvalue weighted by Gasteiger charge is -2.05. The molecule has 20 heavy (non-hydrogen) atoms. The smallest absolute Gasteiger partial charge is 0.261 e. The number of hydrogen-bond donors (Lipinski definition) is 2. The lowest BCUT2D eigenvalue weighted by molar-refractivity contribution is 0.350. The van der Waals surface area contributed by atoms with Crippen molar-refractivity contribution in [3.63, 3.8) is 0 Å². The lowest BCUT2D eigenvalue weighted by atomic mass is 10.2. The van der Waals surface area contributed by atoms with Crippen LogP contribution in [-0.2, 0) is 17.1 Å². The van der Waals surface area contributed by atoms with E-state index in [-0.39, 0.29) is 11.5 Å². The third-order valence-corrected chi connectivity index (χ3v) is 3.83. The van der Waals surface area contributed by atoms with Gasteiger partial charge >= 0.3 is 0 Å². The highest BCUT2D eigenvalue weighted by Gasteiger charge is 2.14. The summed E-state index contributed by atoms with van der Waals surface area (Å²) in [5.41, 5.74) is 1.04. The van der Waals surface area contributed by atoms with Gasteiger partial charge in [0.1, 0.15) is 6.61 Å². The average Bonchev–Trinajstić information content (AvgIpc) is 2.81. The van der Waals surface area contributed by atoms with Crippen LogP contribution in [0.4, 0.5) is 5.69 Å². The number of benzene rings is 1. The summed E-state index contributed by atoms with van der Waals surface area (Å²) in [4.78, 5) is 0.135. The van der Waals surface area contributed by atoms with E-state index in [4.69, 9.17) is 5.11 Å². The van der Waals surface area contributed by atoms with E-state index in [1.807, 2.05) is 0 Å². The van der Waals surface area contributed by atoms with Crippen LogP contribution in [0.3, 0.4) is 0 Å². The number of sulfonamides is 1. The predicted molar refractivity (Wildman–Crippen MR) is 74.4 cm³/mol. The van der Waals surface area contributed by atoms with E-state index in [9.17, 15) is 8.42 Å². The molecule has 1 aromatic carbocycles. The zero-order chi connectivity index (χ0) is 14.6. The quantitative estimate of drug-likeness (QED) is 0.810. The first-order valence-corrected chi connectivity index (χ1v) is 7.21. The molecule has 0 amide bonds. The summed E-state index contributed by atoms with van der Waals surface area (Å²) in [6.45, 7) is -0.234. The number of aryl methyl sites for hydroxylation is 1. The van der Waals surface area contributed by atoms with Crippen LogP contribution >= 0.6 is 0 Å². The summed E-state index contributed by atoms with van der Waals surface area (Å²) in [6, 6.07) is 6.08. The van der Waals surface area contributed by atoms with E-state index in [1.54, 1.807) is 25.4 Å². The predicted octanol–water partition coefficient (Wildman–Crippen LogP) is 0.565. The van der Waals surface area contributed by atoms with Crippen LogP contribution in [0.1, 0.15) is 5.56 Å². The molecule has 0 saturated carbocycles. The van der Waals surface area contributed by atoms with Gasteiger partial charge in [-0.15, -0.1) is 0 Å². The second-order valence-electron chi connectivity index (χ2n) is 3.99. The number of anilines is 1. The maximum atomic E-state index is 12.1. The summed E-state index contributed by atoms with van der Waals surface area (Å²) >= 11 is 0. The monoisotopic (exact) mass is 291 g/mol. The average molecular weight is 291 g/mol. The molecule has 0 aliphatic carbocycles. The Hall–Kier alpha value is -2.30. The summed E-state index contributed by atoms with van der Waals surface area (Å²) in [5, 5.41) is 12.5. The number of nitrogens with zero attached hydrogens (tertiary/aromatic N) is 2. The van der Waals surface area contributed by atoms with Crippen molar-refractivity contribution >= 4 is 15.7 Å². The van der Waals surface area contributed by atoms with Crippen LogP contribution in [0.5, 0.6) is 0 Å². The maximum absolute atomic E-state index is 12.1. The number of aliphatic hydroxyl groups is 1. The summed E-state index contributed by atoms with van der Waals surface area (Å²) < 4.78 is 28.2. The fourth-order valence-corrected chi connectivity index (χ4v) is 2.57. The van der Waals surface area contributed by atoms with Crippen molar-refractivity contribution in [2.24, 2.45) is 7.05 Å². The van der Waals surface area contributed by atoms with Crippen molar-refractivity contribution in [1.82, 2.24) is 9.78 Å². The molecule has 104 valence electrons. The van der Waals surface area contributed by atoms with Crippen molar-refractivity contribution < 1.29 is 13.5 Å². The molecular weight excluding hydrogens is 278 g/mol. The highest BCUT2D eigenvalue weighted by Crippen LogP contribution is 2.15. The van der Waals surface area contributed by atoms with Crippen LogP contribution < -0.4 is 4.72 Å². The lowest BCUT2D eigenvalue weighted by Crippen LogP contribution is -2.12. The second-order valence-corrected chi connectivity index (χ2v) is 5.67. The molecule has 0 atom stereocenters. The van der Waals surface area contributed by atoms with Gasteiger partial charge in [-0.2, -0.15) is 5.10 Å². The van der Waals surface area contributed by atoms with Crippen LogP contribution in [0.25, 0.3) is 0 Å². The third kappa shape index (κ3) is 3.38. The van der Waals surface area contributed by atoms with Gasteiger partial charge < -0.3 is 5.11 Å². The fraction of sp³-hybridized carbons (Fsp3) is 0.154. The van der Waals surface area contributed by atoms with Gasteiger partial charge in [0.2, 0.25) is 0 Å². The van der Waals surface area contributed by atoms with Gasteiger partial charge in [0.05, 0.1) is 16.8 Å². The first kappa shape index (κ1) is 14.1. The van der Waals surface area contributed by atoms with Gasteiger partial charge in [0.25, 0.3) is 10.0 Å². The molecule has 1 aromatic heterocycles. The Morgan fingerprint density at radius 1 is 1.35 bits per heavy atom. The van der Waals surface area contributed by atoms with E-state index in [1.165, 1.54) is 23.0 Å². The van der Waals surface area contributed by atoms with E-state index in [0.29, 0.717) is 11.3 Å². The highest BCUT2D eigenvalue weighted by atomic mass is 32.2. The minimum atomic E-state index is -3.64. The van der Waals surface area contributed by atoms with E-state index >= 15 is 0 Å². The van der Waals surface area contributed by atoms with E-state index in [0.717, 1.165) is 0 Å². The van der Waals surface area contributed by atoms with Crippen LogP contribution in [0, 0.1) is 11.8 Å². The molecule has 0 spiro atoms. The van der Waals surface area contributed by atoms with E-state index < -0.39 is 10.0 Å². The molecule has 0 saturated heterocycles. The number of aromatic nitrogens is 2. The first-order chi connectivity index (χ1) is 9.51. The van der Waals surface area contributed by atoms with Crippen molar-refractivity contribution in [2.75, 3.05) is 11.3 Å². The number of rotatable bonds is 3. The first-order valence-electron chi connectivity index (χ1n) is 5.72. The van der Waals surface area contributed by atoms with Gasteiger partial charge in [-0.3, -0.25) is 9.40 Å². The molecule has 1 heterocycles.